The van der Waals surface area contributed by atoms with E-state index in [0.29, 0.717) is 17.9 Å². The largest absolute Gasteiger partial charge is 0.365 e. The minimum Gasteiger partial charge on any atom is -0.365 e. The SMILES string of the molecule is Cc1nc2cc(CNc3ncnc4cc(F)ccc34)ccc2n1C. The Labute approximate surface area is 138 Å². The van der Waals surface area contributed by atoms with E-state index in [1.165, 1.54) is 18.5 Å². The van der Waals surface area contributed by atoms with Crippen molar-refractivity contribution in [3.05, 3.63) is 59.9 Å². The van der Waals surface area contributed by atoms with E-state index in [0.717, 1.165) is 27.8 Å². The quantitative estimate of drug-likeness (QED) is 0.627. The molecule has 0 atom stereocenters. The molecular weight excluding hydrogens is 305 g/mol. The predicted molar refractivity (Wildman–Crippen MR) is 92.3 cm³/mol. The number of nitrogens with one attached hydrogen (secondary N) is 1. The van der Waals surface area contributed by atoms with Gasteiger partial charge < -0.3 is 9.88 Å². The number of rotatable bonds is 3. The van der Waals surface area contributed by atoms with Gasteiger partial charge in [0, 0.05) is 25.0 Å². The van der Waals surface area contributed by atoms with Crippen molar-refractivity contribution >= 4 is 27.8 Å². The highest BCUT2D eigenvalue weighted by Crippen LogP contribution is 2.21. The number of aryl methyl sites for hydroxylation is 2. The van der Waals surface area contributed by atoms with Gasteiger partial charge in [-0.1, -0.05) is 6.07 Å². The van der Waals surface area contributed by atoms with Crippen LogP contribution in [0.2, 0.25) is 0 Å². The molecule has 4 aromatic rings. The lowest BCUT2D eigenvalue weighted by atomic mass is 10.2. The van der Waals surface area contributed by atoms with Gasteiger partial charge in [0.2, 0.25) is 0 Å². The second kappa shape index (κ2) is 5.56. The van der Waals surface area contributed by atoms with Crippen LogP contribution >= 0.6 is 0 Å². The molecule has 0 aliphatic carbocycles. The van der Waals surface area contributed by atoms with Gasteiger partial charge in [-0.3, -0.25) is 0 Å². The van der Waals surface area contributed by atoms with E-state index < -0.39 is 0 Å². The number of aromatic nitrogens is 4. The van der Waals surface area contributed by atoms with Crippen LogP contribution < -0.4 is 5.32 Å². The van der Waals surface area contributed by atoms with Crippen molar-refractivity contribution in [2.24, 2.45) is 7.05 Å². The maximum absolute atomic E-state index is 13.3. The molecule has 0 unspecified atom stereocenters. The molecule has 0 bridgehead atoms. The fourth-order valence-electron chi connectivity index (χ4n) is 2.83. The summed E-state index contributed by atoms with van der Waals surface area (Å²) in [6.45, 7) is 2.60. The van der Waals surface area contributed by atoms with Crippen molar-refractivity contribution in [2.45, 2.75) is 13.5 Å². The fraction of sp³-hybridized carbons (Fsp3) is 0.167. The summed E-state index contributed by atoms with van der Waals surface area (Å²) >= 11 is 0. The number of anilines is 1. The number of benzene rings is 2. The van der Waals surface area contributed by atoms with E-state index in [1.54, 1.807) is 6.07 Å². The Hall–Kier alpha value is -3.02. The zero-order valence-corrected chi connectivity index (χ0v) is 13.4. The van der Waals surface area contributed by atoms with E-state index in [4.69, 9.17) is 0 Å². The highest BCUT2D eigenvalue weighted by atomic mass is 19.1. The number of hydrogen-bond donors (Lipinski definition) is 1. The van der Waals surface area contributed by atoms with Crippen molar-refractivity contribution in [1.82, 2.24) is 19.5 Å². The Kier molecular flexibility index (Phi) is 3.37. The van der Waals surface area contributed by atoms with Gasteiger partial charge in [0.15, 0.2) is 0 Å². The number of imidazole rings is 1. The zero-order chi connectivity index (χ0) is 16.7. The molecule has 0 saturated heterocycles. The second-order valence-corrected chi connectivity index (χ2v) is 5.78. The van der Waals surface area contributed by atoms with Crippen molar-refractivity contribution in [3.63, 3.8) is 0 Å². The summed E-state index contributed by atoms with van der Waals surface area (Å²) in [5.74, 6) is 1.37. The lowest BCUT2D eigenvalue weighted by molar-refractivity contribution is 0.629. The summed E-state index contributed by atoms with van der Waals surface area (Å²) in [5.41, 5.74) is 3.78. The second-order valence-electron chi connectivity index (χ2n) is 5.78. The lowest BCUT2D eigenvalue weighted by Gasteiger charge is -2.08. The van der Waals surface area contributed by atoms with E-state index in [1.807, 2.05) is 14.0 Å². The smallest absolute Gasteiger partial charge is 0.137 e. The van der Waals surface area contributed by atoms with Crippen molar-refractivity contribution < 1.29 is 4.39 Å². The number of hydrogen-bond acceptors (Lipinski definition) is 4. The van der Waals surface area contributed by atoms with Gasteiger partial charge >= 0.3 is 0 Å². The van der Waals surface area contributed by atoms with E-state index >= 15 is 0 Å². The summed E-state index contributed by atoms with van der Waals surface area (Å²) < 4.78 is 15.4. The maximum Gasteiger partial charge on any atom is 0.137 e. The van der Waals surface area contributed by atoms with Crippen molar-refractivity contribution in [1.29, 1.82) is 0 Å². The molecule has 24 heavy (non-hydrogen) atoms. The predicted octanol–water partition coefficient (Wildman–Crippen LogP) is 3.58. The van der Waals surface area contributed by atoms with Crippen molar-refractivity contribution in [3.8, 4) is 0 Å². The van der Waals surface area contributed by atoms with Crippen LogP contribution in [0.15, 0.2) is 42.7 Å². The monoisotopic (exact) mass is 321 g/mol. The fourth-order valence-corrected chi connectivity index (χ4v) is 2.83. The normalized spacial score (nSPS) is 11.3. The molecule has 0 aliphatic heterocycles. The van der Waals surface area contributed by atoms with Gasteiger partial charge in [-0.25, -0.2) is 19.3 Å². The van der Waals surface area contributed by atoms with Crippen LogP contribution in [-0.4, -0.2) is 19.5 Å². The number of nitrogens with zero attached hydrogens (tertiary/aromatic N) is 4. The molecule has 2 aromatic carbocycles. The molecule has 6 heteroatoms. The van der Waals surface area contributed by atoms with E-state index in [2.05, 4.69) is 43.0 Å². The summed E-state index contributed by atoms with van der Waals surface area (Å²) in [6.07, 6.45) is 1.44. The molecule has 5 nitrogen and oxygen atoms in total. The van der Waals surface area contributed by atoms with E-state index in [9.17, 15) is 4.39 Å². The molecule has 4 rings (SSSR count). The molecular formula is C18H16FN5. The Morgan fingerprint density at radius 1 is 1.08 bits per heavy atom. The minimum atomic E-state index is -0.303. The Balaban J connectivity index is 1.63. The first kappa shape index (κ1) is 14.6. The lowest BCUT2D eigenvalue weighted by Crippen LogP contribution is -2.02. The van der Waals surface area contributed by atoms with Crippen LogP contribution in [0.5, 0.6) is 0 Å². The molecule has 0 aliphatic rings. The van der Waals surface area contributed by atoms with Crippen LogP contribution in [0, 0.1) is 12.7 Å². The summed E-state index contributed by atoms with van der Waals surface area (Å²) in [5, 5.41) is 4.10. The van der Waals surface area contributed by atoms with Gasteiger partial charge in [-0.2, -0.15) is 0 Å². The first-order valence-corrected chi connectivity index (χ1v) is 7.68. The molecule has 2 aromatic heterocycles. The molecule has 0 fully saturated rings. The number of halogens is 1. The van der Waals surface area contributed by atoms with Crippen LogP contribution in [0.25, 0.3) is 21.9 Å². The van der Waals surface area contributed by atoms with Gasteiger partial charge in [0.05, 0.1) is 16.6 Å². The van der Waals surface area contributed by atoms with Gasteiger partial charge in [-0.05, 0) is 36.8 Å². The number of fused-ring (bicyclic) bond motifs is 2. The molecule has 1 N–H and O–H groups in total. The third-order valence-electron chi connectivity index (χ3n) is 4.23. The molecule has 0 radical (unpaired) electrons. The summed E-state index contributed by atoms with van der Waals surface area (Å²) in [7, 11) is 2.01. The van der Waals surface area contributed by atoms with Gasteiger partial charge in [0.25, 0.3) is 0 Å². The van der Waals surface area contributed by atoms with Gasteiger partial charge in [-0.15, -0.1) is 0 Å². The molecule has 0 saturated carbocycles. The first-order chi connectivity index (χ1) is 11.6. The average molecular weight is 321 g/mol. The van der Waals surface area contributed by atoms with Gasteiger partial charge in [0.1, 0.15) is 23.8 Å². The average Bonchev–Trinajstić information content (AvgIpc) is 2.86. The van der Waals surface area contributed by atoms with Crippen LogP contribution in [0.1, 0.15) is 11.4 Å². The third-order valence-corrected chi connectivity index (χ3v) is 4.23. The maximum atomic E-state index is 13.3. The zero-order valence-electron chi connectivity index (χ0n) is 13.4. The topological polar surface area (TPSA) is 55.6 Å². The Morgan fingerprint density at radius 3 is 2.83 bits per heavy atom. The minimum absolute atomic E-state index is 0.303. The molecule has 120 valence electrons. The first-order valence-electron chi connectivity index (χ1n) is 7.68. The Bertz CT molecular complexity index is 1050. The summed E-state index contributed by atoms with van der Waals surface area (Å²) in [4.78, 5) is 12.9. The standard InChI is InChI=1S/C18H16FN5/c1-11-23-16-7-12(3-6-17(16)24(11)2)9-20-18-14-5-4-13(19)8-15(14)21-10-22-18/h3-8,10H,9H2,1-2H3,(H,20,21,22). The molecule has 0 amide bonds. The molecule has 2 heterocycles. The highest BCUT2D eigenvalue weighted by molar-refractivity contribution is 5.88. The highest BCUT2D eigenvalue weighted by Gasteiger charge is 2.07. The summed E-state index contributed by atoms with van der Waals surface area (Å²) in [6, 6.07) is 10.7. The Morgan fingerprint density at radius 2 is 1.96 bits per heavy atom. The van der Waals surface area contributed by atoms with Crippen LogP contribution in [0.4, 0.5) is 10.2 Å². The van der Waals surface area contributed by atoms with Crippen molar-refractivity contribution in [2.75, 3.05) is 5.32 Å². The third kappa shape index (κ3) is 2.46. The van der Waals surface area contributed by atoms with Crippen LogP contribution in [0.3, 0.4) is 0 Å². The van der Waals surface area contributed by atoms with Crippen LogP contribution in [-0.2, 0) is 13.6 Å². The van der Waals surface area contributed by atoms with E-state index in [-0.39, 0.29) is 5.82 Å². The molecule has 0 spiro atoms.